The molecule has 0 aromatic heterocycles. The molecule has 0 N–H and O–H groups in total. The van der Waals surface area contributed by atoms with Gasteiger partial charge in [-0.2, -0.15) is 0 Å². The fraction of sp³-hybridized carbons (Fsp3) is 0.222. The lowest BCUT2D eigenvalue weighted by molar-refractivity contribution is -0.104. The summed E-state index contributed by atoms with van der Waals surface area (Å²) in [5.74, 6) is 2.99. The zero-order valence-electron chi connectivity index (χ0n) is 18.5. The average molecular weight is 433 g/mol. The van der Waals surface area contributed by atoms with Crippen LogP contribution in [0.3, 0.4) is 0 Å². The summed E-state index contributed by atoms with van der Waals surface area (Å²) in [6.45, 7) is 6.00. The molecule has 0 atom stereocenters. The Balaban J connectivity index is 1.68. The molecule has 3 aromatic carbocycles. The van der Waals surface area contributed by atoms with Crippen molar-refractivity contribution < 1.29 is 23.7 Å². The Morgan fingerprint density at radius 3 is 1.50 bits per heavy atom. The van der Waals surface area contributed by atoms with E-state index in [1.165, 1.54) is 6.08 Å². The van der Waals surface area contributed by atoms with Crippen LogP contribution >= 0.6 is 0 Å². The molecule has 0 aliphatic carbocycles. The highest BCUT2D eigenvalue weighted by molar-refractivity contribution is 5.74. The molecule has 166 valence electrons. The normalized spacial score (nSPS) is 10.7. The van der Waals surface area contributed by atoms with Gasteiger partial charge in [0.15, 0.2) is 0 Å². The molecule has 5 nitrogen and oxygen atoms in total. The van der Waals surface area contributed by atoms with Gasteiger partial charge in [0, 0.05) is 6.07 Å². The van der Waals surface area contributed by atoms with Crippen molar-refractivity contribution in [2.45, 2.75) is 27.1 Å². The number of benzene rings is 3. The number of carbonyl (C=O) groups excluding carboxylic acids is 1. The second-order valence-corrected chi connectivity index (χ2v) is 6.96. The van der Waals surface area contributed by atoms with Gasteiger partial charge in [-0.15, -0.1) is 0 Å². The third-order valence-electron chi connectivity index (χ3n) is 4.55. The second-order valence-electron chi connectivity index (χ2n) is 6.96. The number of hydrogen-bond acceptors (Lipinski definition) is 5. The van der Waals surface area contributed by atoms with Crippen molar-refractivity contribution in [3.63, 3.8) is 0 Å². The van der Waals surface area contributed by atoms with Gasteiger partial charge in [0.25, 0.3) is 0 Å². The van der Waals surface area contributed by atoms with Gasteiger partial charge in [0.1, 0.15) is 42.5 Å². The van der Waals surface area contributed by atoms with Crippen LogP contribution in [0.5, 0.6) is 23.0 Å². The van der Waals surface area contributed by atoms with E-state index >= 15 is 0 Å². The molecule has 0 unspecified atom stereocenters. The van der Waals surface area contributed by atoms with Crippen molar-refractivity contribution in [2.75, 3.05) is 13.2 Å². The Hall–Kier alpha value is -3.73. The largest absolute Gasteiger partial charge is 0.494 e. The number of carbonyl (C=O) groups is 1. The summed E-state index contributed by atoms with van der Waals surface area (Å²) < 4.78 is 22.9. The van der Waals surface area contributed by atoms with E-state index in [4.69, 9.17) is 18.9 Å². The topological polar surface area (TPSA) is 54.0 Å². The predicted octanol–water partition coefficient (Wildman–Crippen LogP) is 5.85. The Morgan fingerprint density at radius 2 is 1.09 bits per heavy atom. The van der Waals surface area contributed by atoms with Crippen molar-refractivity contribution >= 4 is 12.4 Å². The molecule has 0 saturated heterocycles. The van der Waals surface area contributed by atoms with Crippen molar-refractivity contribution in [1.29, 1.82) is 0 Å². The van der Waals surface area contributed by atoms with Crippen LogP contribution in [0, 0.1) is 0 Å². The van der Waals surface area contributed by atoms with Crippen LogP contribution in [0.1, 0.15) is 30.5 Å². The molecule has 3 rings (SSSR count). The highest BCUT2D eigenvalue weighted by Crippen LogP contribution is 2.26. The maximum absolute atomic E-state index is 10.7. The van der Waals surface area contributed by atoms with Gasteiger partial charge in [0.05, 0.1) is 13.2 Å². The Morgan fingerprint density at radius 1 is 0.625 bits per heavy atom. The van der Waals surface area contributed by atoms with Gasteiger partial charge in [0.2, 0.25) is 0 Å². The van der Waals surface area contributed by atoms with Crippen LogP contribution in [-0.2, 0) is 18.0 Å². The Labute approximate surface area is 189 Å². The standard InChI is InChI=1S/C27H28O5/c1-3-29-24-11-7-21(8-12-24)19-31-26-16-23(6-5-15-28)17-27(18-26)32-20-22-9-13-25(14-10-22)30-4-2/h5-18H,3-4,19-20H2,1-2H3/b6-5+. The lowest BCUT2D eigenvalue weighted by Crippen LogP contribution is -1.99. The summed E-state index contributed by atoms with van der Waals surface area (Å²) in [5.41, 5.74) is 2.88. The lowest BCUT2D eigenvalue weighted by atomic mass is 10.2. The zero-order chi connectivity index (χ0) is 22.6. The van der Waals surface area contributed by atoms with E-state index in [2.05, 4.69) is 0 Å². The van der Waals surface area contributed by atoms with Crippen LogP contribution in [-0.4, -0.2) is 19.5 Å². The third-order valence-corrected chi connectivity index (χ3v) is 4.55. The number of ether oxygens (including phenoxy) is 4. The van der Waals surface area contributed by atoms with E-state index < -0.39 is 0 Å². The monoisotopic (exact) mass is 432 g/mol. The van der Waals surface area contributed by atoms with Gasteiger partial charge in [-0.25, -0.2) is 0 Å². The minimum Gasteiger partial charge on any atom is -0.494 e. The summed E-state index contributed by atoms with van der Waals surface area (Å²) in [7, 11) is 0. The van der Waals surface area contributed by atoms with Crippen LogP contribution in [0.4, 0.5) is 0 Å². The number of hydrogen-bond donors (Lipinski definition) is 0. The first-order chi connectivity index (χ1) is 15.7. The first-order valence-corrected chi connectivity index (χ1v) is 10.7. The van der Waals surface area contributed by atoms with Crippen molar-refractivity contribution in [1.82, 2.24) is 0 Å². The van der Waals surface area contributed by atoms with Gasteiger partial charge in [-0.1, -0.05) is 30.3 Å². The number of allylic oxidation sites excluding steroid dienone is 1. The first-order valence-electron chi connectivity index (χ1n) is 10.7. The van der Waals surface area contributed by atoms with Crippen molar-refractivity contribution in [3.05, 3.63) is 89.5 Å². The molecule has 32 heavy (non-hydrogen) atoms. The fourth-order valence-electron chi connectivity index (χ4n) is 3.04. The zero-order valence-corrected chi connectivity index (χ0v) is 18.5. The van der Waals surface area contributed by atoms with E-state index in [9.17, 15) is 4.79 Å². The van der Waals surface area contributed by atoms with Gasteiger partial charge in [-0.3, -0.25) is 4.79 Å². The lowest BCUT2D eigenvalue weighted by Gasteiger charge is -2.12. The second kappa shape index (κ2) is 12.2. The Kier molecular flexibility index (Phi) is 8.75. The summed E-state index contributed by atoms with van der Waals surface area (Å²) in [6.07, 6.45) is 3.91. The SMILES string of the molecule is CCOc1ccc(COc2cc(/C=C/C=O)cc(OCc3ccc(OCC)cc3)c2)cc1. The fourth-order valence-corrected chi connectivity index (χ4v) is 3.04. The van der Waals surface area contributed by atoms with Crippen molar-refractivity contribution in [2.24, 2.45) is 0 Å². The predicted molar refractivity (Wildman–Crippen MR) is 125 cm³/mol. The van der Waals surface area contributed by atoms with E-state index in [-0.39, 0.29) is 0 Å². The molecule has 0 aliphatic rings. The quantitative estimate of drug-likeness (QED) is 0.265. The molecule has 0 amide bonds. The van der Waals surface area contributed by atoms with Gasteiger partial charge in [-0.05, 0) is 73.0 Å². The molecular formula is C27H28O5. The molecule has 0 radical (unpaired) electrons. The molecule has 0 heterocycles. The molecule has 0 aliphatic heterocycles. The van der Waals surface area contributed by atoms with Crippen LogP contribution < -0.4 is 18.9 Å². The maximum atomic E-state index is 10.7. The van der Waals surface area contributed by atoms with Crippen LogP contribution in [0.2, 0.25) is 0 Å². The molecule has 0 saturated carbocycles. The molecule has 0 fully saturated rings. The first kappa shape index (κ1) is 22.9. The summed E-state index contributed by atoms with van der Waals surface area (Å²) in [4.78, 5) is 10.7. The van der Waals surface area contributed by atoms with E-state index in [1.54, 1.807) is 6.08 Å². The smallest absolute Gasteiger partial charge is 0.142 e. The number of rotatable bonds is 12. The summed E-state index contributed by atoms with van der Waals surface area (Å²) in [6, 6.07) is 21.2. The van der Waals surface area contributed by atoms with E-state index in [0.29, 0.717) is 37.9 Å². The molecule has 3 aromatic rings. The average Bonchev–Trinajstić information content (AvgIpc) is 2.82. The highest BCUT2D eigenvalue weighted by Gasteiger charge is 2.05. The van der Waals surface area contributed by atoms with Crippen LogP contribution in [0.25, 0.3) is 6.08 Å². The number of aldehydes is 1. The van der Waals surface area contributed by atoms with Gasteiger partial charge >= 0.3 is 0 Å². The summed E-state index contributed by atoms with van der Waals surface area (Å²) in [5, 5.41) is 0. The van der Waals surface area contributed by atoms with Crippen LogP contribution in [0.15, 0.2) is 72.8 Å². The third kappa shape index (κ3) is 7.20. The minimum atomic E-state index is 0.408. The molecule has 0 spiro atoms. The molecule has 0 bridgehead atoms. The highest BCUT2D eigenvalue weighted by atomic mass is 16.5. The van der Waals surface area contributed by atoms with Gasteiger partial charge < -0.3 is 18.9 Å². The minimum absolute atomic E-state index is 0.408. The maximum Gasteiger partial charge on any atom is 0.142 e. The molecular weight excluding hydrogens is 404 g/mol. The Bertz CT molecular complexity index is 935. The molecule has 5 heteroatoms. The summed E-state index contributed by atoms with van der Waals surface area (Å²) >= 11 is 0. The van der Waals surface area contributed by atoms with E-state index in [1.807, 2.05) is 80.6 Å². The van der Waals surface area contributed by atoms with Crippen molar-refractivity contribution in [3.8, 4) is 23.0 Å². The van der Waals surface area contributed by atoms with E-state index in [0.717, 1.165) is 34.5 Å².